The molecule has 18 heavy (non-hydrogen) atoms. The molecule has 0 aliphatic heterocycles. The second kappa shape index (κ2) is 8.27. The zero-order valence-corrected chi connectivity index (χ0v) is 14.2. The van der Waals surface area contributed by atoms with Gasteiger partial charge in [0.25, 0.3) is 5.91 Å². The van der Waals surface area contributed by atoms with Gasteiger partial charge in [0.05, 0.1) is 15.2 Å². The SMILES string of the molecule is CCOC(CNC(=O)c1cc(Br)c(Br)s1)OCC. The van der Waals surface area contributed by atoms with Crippen molar-refractivity contribution in [2.45, 2.75) is 20.1 Å². The van der Waals surface area contributed by atoms with Gasteiger partial charge in [0.2, 0.25) is 0 Å². The first kappa shape index (κ1) is 16.1. The molecule has 0 spiro atoms. The normalized spacial score (nSPS) is 10.9. The van der Waals surface area contributed by atoms with Crippen LogP contribution < -0.4 is 5.32 Å². The fourth-order valence-corrected chi connectivity index (χ4v) is 3.21. The molecule has 0 radical (unpaired) electrons. The van der Waals surface area contributed by atoms with E-state index in [9.17, 15) is 4.79 Å². The molecule has 1 amide bonds. The van der Waals surface area contributed by atoms with Gasteiger partial charge in [-0.3, -0.25) is 4.79 Å². The molecule has 1 aromatic heterocycles. The number of amides is 1. The molecule has 7 heteroatoms. The van der Waals surface area contributed by atoms with Gasteiger partial charge in [-0.1, -0.05) is 0 Å². The van der Waals surface area contributed by atoms with E-state index in [1.54, 1.807) is 6.07 Å². The molecule has 1 heterocycles. The molecule has 0 saturated heterocycles. The van der Waals surface area contributed by atoms with Gasteiger partial charge in [0, 0.05) is 17.7 Å². The first-order valence-electron chi connectivity index (χ1n) is 5.54. The van der Waals surface area contributed by atoms with Gasteiger partial charge in [0.15, 0.2) is 6.29 Å². The quantitative estimate of drug-likeness (QED) is 0.713. The number of halogens is 2. The summed E-state index contributed by atoms with van der Waals surface area (Å²) in [4.78, 5) is 12.5. The number of nitrogens with one attached hydrogen (secondary N) is 1. The van der Waals surface area contributed by atoms with E-state index in [4.69, 9.17) is 9.47 Å². The number of carbonyl (C=O) groups is 1. The van der Waals surface area contributed by atoms with Gasteiger partial charge in [0.1, 0.15) is 0 Å². The molecule has 0 aliphatic rings. The summed E-state index contributed by atoms with van der Waals surface area (Å²) in [6, 6.07) is 1.78. The third-order valence-electron chi connectivity index (χ3n) is 2.00. The molecule has 0 aliphatic carbocycles. The average molecular weight is 401 g/mol. The molecule has 0 unspecified atom stereocenters. The van der Waals surface area contributed by atoms with Crippen molar-refractivity contribution < 1.29 is 14.3 Å². The summed E-state index contributed by atoms with van der Waals surface area (Å²) >= 11 is 8.08. The van der Waals surface area contributed by atoms with Crippen molar-refractivity contribution in [1.82, 2.24) is 5.32 Å². The molecule has 0 bridgehead atoms. The van der Waals surface area contributed by atoms with E-state index >= 15 is 0 Å². The Bertz CT molecular complexity index is 372. The summed E-state index contributed by atoms with van der Waals surface area (Å²) in [7, 11) is 0. The number of hydrogen-bond donors (Lipinski definition) is 1. The van der Waals surface area contributed by atoms with Crippen molar-refractivity contribution in [1.29, 1.82) is 0 Å². The molecule has 0 saturated carbocycles. The van der Waals surface area contributed by atoms with Crippen LogP contribution in [0.15, 0.2) is 14.3 Å². The number of hydrogen-bond acceptors (Lipinski definition) is 4. The topological polar surface area (TPSA) is 47.6 Å². The highest BCUT2D eigenvalue weighted by molar-refractivity contribution is 9.13. The van der Waals surface area contributed by atoms with Crippen LogP contribution in [0.4, 0.5) is 0 Å². The van der Waals surface area contributed by atoms with E-state index in [0.29, 0.717) is 24.6 Å². The molecule has 0 fully saturated rings. The van der Waals surface area contributed by atoms with Crippen LogP contribution in [0.2, 0.25) is 0 Å². The average Bonchev–Trinajstić information content (AvgIpc) is 2.67. The molecule has 1 aromatic rings. The van der Waals surface area contributed by atoms with Crippen molar-refractivity contribution in [3.8, 4) is 0 Å². The van der Waals surface area contributed by atoms with E-state index in [2.05, 4.69) is 37.2 Å². The Morgan fingerprint density at radius 1 is 1.39 bits per heavy atom. The van der Waals surface area contributed by atoms with E-state index in [1.165, 1.54) is 11.3 Å². The fraction of sp³-hybridized carbons (Fsp3) is 0.545. The van der Waals surface area contributed by atoms with Crippen molar-refractivity contribution in [3.63, 3.8) is 0 Å². The highest BCUT2D eigenvalue weighted by Gasteiger charge is 2.14. The minimum absolute atomic E-state index is 0.129. The minimum Gasteiger partial charge on any atom is -0.351 e. The summed E-state index contributed by atoms with van der Waals surface area (Å²) in [5, 5.41) is 2.79. The molecule has 4 nitrogen and oxygen atoms in total. The van der Waals surface area contributed by atoms with Crippen LogP contribution in [0.25, 0.3) is 0 Å². The van der Waals surface area contributed by atoms with Crippen LogP contribution in [-0.2, 0) is 9.47 Å². The smallest absolute Gasteiger partial charge is 0.261 e. The Morgan fingerprint density at radius 2 is 2.00 bits per heavy atom. The maximum atomic E-state index is 11.9. The Morgan fingerprint density at radius 3 is 2.44 bits per heavy atom. The van der Waals surface area contributed by atoms with Gasteiger partial charge in [-0.15, -0.1) is 11.3 Å². The summed E-state index contributed by atoms with van der Waals surface area (Å²) in [5.41, 5.74) is 0. The van der Waals surface area contributed by atoms with Crippen molar-refractivity contribution in [2.24, 2.45) is 0 Å². The van der Waals surface area contributed by atoms with Crippen LogP contribution in [0.1, 0.15) is 23.5 Å². The molecule has 1 N–H and O–H groups in total. The highest BCUT2D eigenvalue weighted by Crippen LogP contribution is 2.32. The van der Waals surface area contributed by atoms with E-state index in [1.807, 2.05) is 13.8 Å². The third kappa shape index (κ3) is 4.97. The van der Waals surface area contributed by atoms with Crippen LogP contribution >= 0.6 is 43.2 Å². The van der Waals surface area contributed by atoms with Gasteiger partial charge in [-0.25, -0.2) is 0 Å². The molecule has 0 atom stereocenters. The number of thiophene rings is 1. The first-order chi connectivity index (χ1) is 8.58. The minimum atomic E-state index is -0.393. The van der Waals surface area contributed by atoms with Crippen molar-refractivity contribution in [3.05, 3.63) is 19.2 Å². The summed E-state index contributed by atoms with van der Waals surface area (Å²) in [5.74, 6) is -0.129. The van der Waals surface area contributed by atoms with Gasteiger partial charge in [-0.05, 0) is 51.8 Å². The first-order valence-corrected chi connectivity index (χ1v) is 7.94. The van der Waals surface area contributed by atoms with Gasteiger partial charge < -0.3 is 14.8 Å². The number of rotatable bonds is 7. The molecular formula is C11H15Br2NO3S. The van der Waals surface area contributed by atoms with Gasteiger partial charge in [-0.2, -0.15) is 0 Å². The monoisotopic (exact) mass is 399 g/mol. The van der Waals surface area contributed by atoms with Crippen molar-refractivity contribution in [2.75, 3.05) is 19.8 Å². The molecule has 0 aromatic carbocycles. The lowest BCUT2D eigenvalue weighted by molar-refractivity contribution is -0.131. The molecular weight excluding hydrogens is 386 g/mol. The van der Waals surface area contributed by atoms with E-state index in [0.717, 1.165) is 8.26 Å². The zero-order chi connectivity index (χ0) is 13.5. The Hall–Kier alpha value is 0.0500. The van der Waals surface area contributed by atoms with Gasteiger partial charge >= 0.3 is 0 Å². The van der Waals surface area contributed by atoms with E-state index < -0.39 is 6.29 Å². The van der Waals surface area contributed by atoms with Crippen LogP contribution in [0, 0.1) is 0 Å². The fourth-order valence-electron chi connectivity index (χ4n) is 1.26. The summed E-state index contributed by atoms with van der Waals surface area (Å²) in [6.07, 6.45) is -0.393. The summed E-state index contributed by atoms with van der Waals surface area (Å²) in [6.45, 7) is 5.23. The lowest BCUT2D eigenvalue weighted by atomic mass is 10.4. The molecule has 1 rings (SSSR count). The predicted molar refractivity (Wildman–Crippen MR) is 79.1 cm³/mol. The Balaban J connectivity index is 2.48. The largest absolute Gasteiger partial charge is 0.351 e. The standard InChI is InChI=1S/C11H15Br2NO3S/c1-3-16-9(17-4-2)6-14-11(15)8-5-7(12)10(13)18-8/h5,9H,3-4,6H2,1-2H3,(H,14,15). The maximum absolute atomic E-state index is 11.9. The van der Waals surface area contributed by atoms with Crippen LogP contribution in [0.5, 0.6) is 0 Å². The Kier molecular flexibility index (Phi) is 7.40. The second-order valence-corrected chi connectivity index (χ2v) is 6.51. The third-order valence-corrected chi connectivity index (χ3v) is 5.26. The van der Waals surface area contributed by atoms with Crippen molar-refractivity contribution >= 4 is 49.1 Å². The van der Waals surface area contributed by atoms with E-state index in [-0.39, 0.29) is 5.91 Å². The molecule has 102 valence electrons. The number of ether oxygens (including phenoxy) is 2. The lowest BCUT2D eigenvalue weighted by Gasteiger charge is -2.17. The van der Waals surface area contributed by atoms with Crippen LogP contribution in [-0.4, -0.2) is 32.0 Å². The lowest BCUT2D eigenvalue weighted by Crippen LogP contribution is -2.35. The predicted octanol–water partition coefficient (Wildman–Crippen LogP) is 3.40. The maximum Gasteiger partial charge on any atom is 0.261 e. The number of carbonyl (C=O) groups excluding carboxylic acids is 1. The second-order valence-electron chi connectivity index (χ2n) is 3.28. The Labute approximate surface area is 127 Å². The summed E-state index contributed by atoms with van der Waals surface area (Å²) < 4.78 is 12.5. The highest BCUT2D eigenvalue weighted by atomic mass is 79.9. The van der Waals surface area contributed by atoms with Crippen LogP contribution in [0.3, 0.4) is 0 Å². The zero-order valence-electron chi connectivity index (χ0n) is 10.2.